The fourth-order valence-corrected chi connectivity index (χ4v) is 1.55. The van der Waals surface area contributed by atoms with Crippen LogP contribution in [0.5, 0.6) is 5.75 Å². The Morgan fingerprint density at radius 3 is 2.92 bits per heavy atom. The SMILES string of the molecule is CC1NC(=O)c2cccc(O)c21. The van der Waals surface area contributed by atoms with Gasteiger partial charge in [0.1, 0.15) is 5.75 Å². The summed E-state index contributed by atoms with van der Waals surface area (Å²) < 4.78 is 0. The molecule has 0 saturated heterocycles. The maximum absolute atomic E-state index is 11.2. The van der Waals surface area contributed by atoms with Gasteiger partial charge in [-0.2, -0.15) is 0 Å². The van der Waals surface area contributed by atoms with Crippen LogP contribution in [-0.4, -0.2) is 11.0 Å². The van der Waals surface area contributed by atoms with Gasteiger partial charge in [-0.15, -0.1) is 0 Å². The molecule has 0 bridgehead atoms. The van der Waals surface area contributed by atoms with E-state index in [1.54, 1.807) is 18.2 Å². The van der Waals surface area contributed by atoms with Gasteiger partial charge in [0.2, 0.25) is 0 Å². The molecule has 0 aromatic heterocycles. The number of amides is 1. The summed E-state index contributed by atoms with van der Waals surface area (Å²) in [6, 6.07) is 4.91. The van der Waals surface area contributed by atoms with Crippen molar-refractivity contribution in [3.63, 3.8) is 0 Å². The van der Waals surface area contributed by atoms with Gasteiger partial charge in [0.25, 0.3) is 5.91 Å². The van der Waals surface area contributed by atoms with Crippen LogP contribution in [0.25, 0.3) is 0 Å². The van der Waals surface area contributed by atoms with Gasteiger partial charge in [-0.05, 0) is 19.1 Å². The van der Waals surface area contributed by atoms with Gasteiger partial charge in [-0.1, -0.05) is 6.07 Å². The van der Waals surface area contributed by atoms with Crippen LogP contribution < -0.4 is 5.32 Å². The third-order valence-electron chi connectivity index (χ3n) is 2.11. The molecular formula is C9H9NO2. The zero-order chi connectivity index (χ0) is 8.72. The van der Waals surface area contributed by atoms with Crippen molar-refractivity contribution < 1.29 is 9.90 Å². The lowest BCUT2D eigenvalue weighted by molar-refractivity contribution is 0.0958. The lowest BCUT2D eigenvalue weighted by Gasteiger charge is -2.04. The third-order valence-corrected chi connectivity index (χ3v) is 2.11. The van der Waals surface area contributed by atoms with Crippen LogP contribution in [0.4, 0.5) is 0 Å². The number of hydrogen-bond acceptors (Lipinski definition) is 2. The van der Waals surface area contributed by atoms with E-state index in [1.165, 1.54) is 0 Å². The number of rotatable bonds is 0. The van der Waals surface area contributed by atoms with Crippen molar-refractivity contribution in [1.82, 2.24) is 5.32 Å². The van der Waals surface area contributed by atoms with Crippen molar-refractivity contribution in [3.05, 3.63) is 29.3 Å². The fourth-order valence-electron chi connectivity index (χ4n) is 1.55. The normalized spacial score (nSPS) is 20.4. The molecule has 1 aromatic carbocycles. The minimum Gasteiger partial charge on any atom is -0.508 e. The van der Waals surface area contributed by atoms with E-state index < -0.39 is 0 Å². The first kappa shape index (κ1) is 7.16. The van der Waals surface area contributed by atoms with Crippen molar-refractivity contribution in [2.45, 2.75) is 13.0 Å². The standard InChI is InChI=1S/C9H9NO2/c1-5-8-6(9(12)10-5)3-2-4-7(8)11/h2-5,11H,1H3,(H,10,12). The molecule has 62 valence electrons. The third kappa shape index (κ3) is 0.794. The first-order valence-corrected chi connectivity index (χ1v) is 3.83. The summed E-state index contributed by atoms with van der Waals surface area (Å²) in [6.45, 7) is 1.85. The second-order valence-corrected chi connectivity index (χ2v) is 2.93. The molecule has 1 aliphatic rings. The molecule has 1 amide bonds. The monoisotopic (exact) mass is 163 g/mol. The summed E-state index contributed by atoms with van der Waals surface area (Å²) in [6.07, 6.45) is 0. The lowest BCUT2D eigenvalue weighted by Crippen LogP contribution is -2.16. The number of fused-ring (bicyclic) bond motifs is 1. The van der Waals surface area contributed by atoms with E-state index in [2.05, 4.69) is 5.32 Å². The minimum atomic E-state index is -0.103. The highest BCUT2D eigenvalue weighted by Crippen LogP contribution is 2.31. The molecule has 3 heteroatoms. The van der Waals surface area contributed by atoms with E-state index >= 15 is 0 Å². The van der Waals surface area contributed by atoms with Crippen LogP contribution in [0.15, 0.2) is 18.2 Å². The molecule has 12 heavy (non-hydrogen) atoms. The predicted octanol–water partition coefficient (Wildman–Crippen LogP) is 1.20. The molecule has 0 radical (unpaired) electrons. The number of aromatic hydroxyl groups is 1. The number of carbonyl (C=O) groups excluding carboxylic acids is 1. The van der Waals surface area contributed by atoms with E-state index in [1.807, 2.05) is 6.92 Å². The molecular weight excluding hydrogens is 154 g/mol. The average molecular weight is 163 g/mol. The first-order valence-electron chi connectivity index (χ1n) is 3.83. The predicted molar refractivity (Wildman–Crippen MR) is 44.0 cm³/mol. The van der Waals surface area contributed by atoms with Crippen molar-refractivity contribution in [3.8, 4) is 5.75 Å². The van der Waals surface area contributed by atoms with Crippen LogP contribution in [0, 0.1) is 0 Å². The zero-order valence-electron chi connectivity index (χ0n) is 6.66. The van der Waals surface area contributed by atoms with E-state index in [4.69, 9.17) is 0 Å². The van der Waals surface area contributed by atoms with E-state index in [-0.39, 0.29) is 17.7 Å². The molecule has 2 N–H and O–H groups in total. The molecule has 0 aliphatic carbocycles. The number of phenolic OH excluding ortho intramolecular Hbond substituents is 1. The highest BCUT2D eigenvalue weighted by molar-refractivity contribution is 5.99. The summed E-state index contributed by atoms with van der Waals surface area (Å²) >= 11 is 0. The topological polar surface area (TPSA) is 49.3 Å². The van der Waals surface area contributed by atoms with Crippen LogP contribution in [0.3, 0.4) is 0 Å². The molecule has 0 spiro atoms. The Morgan fingerprint density at radius 2 is 2.25 bits per heavy atom. The maximum atomic E-state index is 11.2. The van der Waals surface area contributed by atoms with Crippen molar-refractivity contribution in [1.29, 1.82) is 0 Å². The Labute approximate surface area is 70.0 Å². The van der Waals surface area contributed by atoms with Gasteiger partial charge < -0.3 is 10.4 Å². The second-order valence-electron chi connectivity index (χ2n) is 2.93. The molecule has 2 rings (SSSR count). The van der Waals surface area contributed by atoms with Crippen LogP contribution in [-0.2, 0) is 0 Å². The number of phenols is 1. The van der Waals surface area contributed by atoms with E-state index in [0.29, 0.717) is 11.1 Å². The number of carbonyl (C=O) groups is 1. The zero-order valence-corrected chi connectivity index (χ0v) is 6.66. The Morgan fingerprint density at radius 1 is 1.50 bits per heavy atom. The molecule has 1 heterocycles. The minimum absolute atomic E-state index is 0.0753. The van der Waals surface area contributed by atoms with Gasteiger partial charge in [0.15, 0.2) is 0 Å². The number of benzene rings is 1. The molecule has 0 fully saturated rings. The number of nitrogens with one attached hydrogen (secondary N) is 1. The highest BCUT2D eigenvalue weighted by Gasteiger charge is 2.27. The quantitative estimate of drug-likeness (QED) is 0.603. The van der Waals surface area contributed by atoms with E-state index in [9.17, 15) is 9.90 Å². The Bertz CT molecular complexity index is 346. The van der Waals surface area contributed by atoms with Crippen LogP contribution in [0.1, 0.15) is 28.9 Å². The first-order chi connectivity index (χ1) is 5.70. The summed E-state index contributed by atoms with van der Waals surface area (Å²) in [7, 11) is 0. The van der Waals surface area contributed by atoms with Crippen molar-refractivity contribution >= 4 is 5.91 Å². The Kier molecular flexibility index (Phi) is 1.33. The van der Waals surface area contributed by atoms with Crippen molar-refractivity contribution in [2.24, 2.45) is 0 Å². The van der Waals surface area contributed by atoms with Gasteiger partial charge in [-0.25, -0.2) is 0 Å². The number of hydrogen-bond donors (Lipinski definition) is 2. The Balaban J connectivity index is 2.67. The fraction of sp³-hybridized carbons (Fsp3) is 0.222. The summed E-state index contributed by atoms with van der Waals surface area (Å²) in [5.74, 6) is 0.0896. The van der Waals surface area contributed by atoms with Gasteiger partial charge in [-0.3, -0.25) is 4.79 Å². The smallest absolute Gasteiger partial charge is 0.252 e. The lowest BCUT2D eigenvalue weighted by atomic mass is 10.1. The molecule has 3 nitrogen and oxygen atoms in total. The maximum Gasteiger partial charge on any atom is 0.252 e. The summed E-state index contributed by atoms with van der Waals surface area (Å²) in [5, 5.41) is 12.2. The largest absolute Gasteiger partial charge is 0.508 e. The Hall–Kier alpha value is -1.51. The molecule has 1 aliphatic heterocycles. The average Bonchev–Trinajstić information content (AvgIpc) is 2.29. The molecule has 0 saturated carbocycles. The highest BCUT2D eigenvalue weighted by atomic mass is 16.3. The van der Waals surface area contributed by atoms with Gasteiger partial charge >= 0.3 is 0 Å². The van der Waals surface area contributed by atoms with Crippen molar-refractivity contribution in [2.75, 3.05) is 0 Å². The molecule has 1 aromatic rings. The summed E-state index contributed by atoms with van der Waals surface area (Å²) in [5.41, 5.74) is 1.30. The van der Waals surface area contributed by atoms with E-state index in [0.717, 1.165) is 0 Å². The van der Waals surface area contributed by atoms with Crippen LogP contribution >= 0.6 is 0 Å². The molecule has 1 unspecified atom stereocenters. The second kappa shape index (κ2) is 2.24. The van der Waals surface area contributed by atoms with Gasteiger partial charge in [0, 0.05) is 11.1 Å². The molecule has 1 atom stereocenters. The van der Waals surface area contributed by atoms with Crippen LogP contribution in [0.2, 0.25) is 0 Å². The summed E-state index contributed by atoms with van der Waals surface area (Å²) in [4.78, 5) is 11.2. The van der Waals surface area contributed by atoms with Gasteiger partial charge in [0.05, 0.1) is 6.04 Å².